The van der Waals surface area contributed by atoms with Gasteiger partial charge in [0.05, 0.1) is 41.2 Å². The zero-order valence-corrected chi connectivity index (χ0v) is 16.4. The van der Waals surface area contributed by atoms with E-state index in [0.29, 0.717) is 17.0 Å². The summed E-state index contributed by atoms with van der Waals surface area (Å²) in [5.41, 5.74) is 1.26. The number of methoxy groups -OCH3 is 1. The lowest BCUT2D eigenvalue weighted by Gasteiger charge is -2.18. The maximum Gasteiger partial charge on any atom is 0.340 e. The average molecular weight is 386 g/mol. The first-order chi connectivity index (χ1) is 13.2. The number of rotatable bonds is 6. The van der Waals surface area contributed by atoms with Crippen LogP contribution in [-0.4, -0.2) is 35.6 Å². The van der Waals surface area contributed by atoms with Crippen molar-refractivity contribution in [1.29, 1.82) is 0 Å². The number of pyridine rings is 1. The molecule has 0 saturated heterocycles. The maximum absolute atomic E-state index is 12.8. The van der Waals surface area contributed by atoms with Gasteiger partial charge in [-0.1, -0.05) is 26.0 Å². The highest BCUT2D eigenvalue weighted by atomic mass is 16.6. The third-order valence-electron chi connectivity index (χ3n) is 4.05. The van der Waals surface area contributed by atoms with E-state index in [-0.39, 0.29) is 34.9 Å². The summed E-state index contributed by atoms with van der Waals surface area (Å²) in [6.45, 7) is 7.22. The van der Waals surface area contributed by atoms with E-state index in [4.69, 9.17) is 9.47 Å². The van der Waals surface area contributed by atoms with Gasteiger partial charge in [0.1, 0.15) is 0 Å². The van der Waals surface area contributed by atoms with Gasteiger partial charge in [0, 0.05) is 17.7 Å². The number of ether oxygens (including phenoxy) is 2. The van der Waals surface area contributed by atoms with Crippen LogP contribution in [0.5, 0.6) is 0 Å². The molecule has 0 saturated carbocycles. The molecule has 8 heteroatoms. The smallest absolute Gasteiger partial charge is 0.340 e. The Kier molecular flexibility index (Phi) is 6.45. The van der Waals surface area contributed by atoms with E-state index in [1.807, 2.05) is 13.8 Å². The average Bonchev–Trinajstić information content (AvgIpc) is 2.65. The molecule has 2 rings (SSSR count). The molecule has 0 bridgehead atoms. The summed E-state index contributed by atoms with van der Waals surface area (Å²) in [7, 11) is 1.22. The van der Waals surface area contributed by atoms with Crippen LogP contribution in [0.25, 0.3) is 11.1 Å². The van der Waals surface area contributed by atoms with Gasteiger partial charge in [0.15, 0.2) is 0 Å². The van der Waals surface area contributed by atoms with Crippen LogP contribution >= 0.6 is 0 Å². The van der Waals surface area contributed by atoms with Gasteiger partial charge in [0.25, 0.3) is 5.69 Å². The highest BCUT2D eigenvalue weighted by Gasteiger charge is 2.28. The van der Waals surface area contributed by atoms with Crippen molar-refractivity contribution in [3.8, 4) is 11.1 Å². The van der Waals surface area contributed by atoms with E-state index in [1.54, 1.807) is 19.9 Å². The van der Waals surface area contributed by atoms with Gasteiger partial charge in [-0.15, -0.1) is 0 Å². The van der Waals surface area contributed by atoms with Gasteiger partial charge < -0.3 is 9.47 Å². The Morgan fingerprint density at radius 1 is 1.14 bits per heavy atom. The molecule has 148 valence electrons. The van der Waals surface area contributed by atoms with Crippen molar-refractivity contribution in [2.45, 2.75) is 27.7 Å². The number of benzene rings is 1. The second-order valence-electron chi connectivity index (χ2n) is 6.70. The van der Waals surface area contributed by atoms with E-state index in [9.17, 15) is 19.7 Å². The van der Waals surface area contributed by atoms with Gasteiger partial charge in [-0.05, 0) is 25.3 Å². The number of nitro groups is 1. The fourth-order valence-corrected chi connectivity index (χ4v) is 2.83. The van der Waals surface area contributed by atoms with Crippen LogP contribution in [0.1, 0.15) is 46.0 Å². The number of nitro benzene ring substituents is 1. The largest absolute Gasteiger partial charge is 0.465 e. The molecule has 0 aliphatic carbocycles. The van der Waals surface area contributed by atoms with Crippen LogP contribution in [-0.2, 0) is 9.47 Å². The molecule has 0 radical (unpaired) electrons. The molecule has 0 aliphatic heterocycles. The third-order valence-corrected chi connectivity index (χ3v) is 4.05. The molecule has 0 atom stereocenters. The van der Waals surface area contributed by atoms with Crippen molar-refractivity contribution in [2.24, 2.45) is 5.92 Å². The van der Waals surface area contributed by atoms with Crippen LogP contribution in [0.3, 0.4) is 0 Å². The Morgan fingerprint density at radius 3 is 2.29 bits per heavy atom. The summed E-state index contributed by atoms with van der Waals surface area (Å²) in [6.07, 6.45) is 0. The normalized spacial score (nSPS) is 10.6. The molecule has 1 aromatic heterocycles. The highest BCUT2D eigenvalue weighted by Crippen LogP contribution is 2.34. The molecule has 8 nitrogen and oxygen atoms in total. The number of hydrogen-bond donors (Lipinski definition) is 0. The van der Waals surface area contributed by atoms with Crippen molar-refractivity contribution in [3.05, 3.63) is 56.9 Å². The quantitative estimate of drug-likeness (QED) is 0.421. The van der Waals surface area contributed by atoms with Gasteiger partial charge in [0.2, 0.25) is 0 Å². The summed E-state index contributed by atoms with van der Waals surface area (Å²) >= 11 is 0. The Labute approximate surface area is 162 Å². The Morgan fingerprint density at radius 2 is 1.75 bits per heavy atom. The number of aromatic nitrogens is 1. The fourth-order valence-electron chi connectivity index (χ4n) is 2.83. The number of nitrogens with zero attached hydrogens (tertiary/aromatic N) is 2. The minimum atomic E-state index is -0.690. The van der Waals surface area contributed by atoms with Crippen molar-refractivity contribution < 1.29 is 24.0 Å². The monoisotopic (exact) mass is 386 g/mol. The maximum atomic E-state index is 12.8. The molecule has 1 heterocycles. The van der Waals surface area contributed by atoms with Crippen molar-refractivity contribution in [3.63, 3.8) is 0 Å². The molecule has 0 fully saturated rings. The topological polar surface area (TPSA) is 109 Å². The molecule has 0 spiro atoms. The van der Waals surface area contributed by atoms with E-state index in [2.05, 4.69) is 4.98 Å². The molecule has 0 unspecified atom stereocenters. The first-order valence-electron chi connectivity index (χ1n) is 8.68. The second kappa shape index (κ2) is 8.60. The lowest BCUT2D eigenvalue weighted by atomic mass is 9.92. The SMILES string of the molecule is COC(=O)c1c(C)nc(C)c(C(=O)OCC(C)C)c1-c1cccc([N+](=O)[O-])c1. The van der Waals surface area contributed by atoms with Crippen LogP contribution in [0.15, 0.2) is 24.3 Å². The Balaban J connectivity index is 2.81. The summed E-state index contributed by atoms with van der Waals surface area (Å²) in [4.78, 5) is 40.2. The predicted octanol–water partition coefficient (Wildman–Crippen LogP) is 3.87. The first kappa shape index (κ1) is 21.0. The van der Waals surface area contributed by atoms with E-state index < -0.39 is 16.9 Å². The molecule has 2 aromatic rings. The van der Waals surface area contributed by atoms with E-state index >= 15 is 0 Å². The van der Waals surface area contributed by atoms with Gasteiger partial charge in [-0.3, -0.25) is 15.1 Å². The molecular weight excluding hydrogens is 364 g/mol. The summed E-state index contributed by atoms with van der Waals surface area (Å²) < 4.78 is 10.2. The molecule has 0 amide bonds. The zero-order valence-electron chi connectivity index (χ0n) is 16.4. The number of carbonyl (C=O) groups is 2. The summed E-state index contributed by atoms with van der Waals surface area (Å²) in [5.74, 6) is -1.22. The highest BCUT2D eigenvalue weighted by molar-refractivity contribution is 6.07. The molecule has 0 N–H and O–H groups in total. The van der Waals surface area contributed by atoms with Gasteiger partial charge >= 0.3 is 11.9 Å². The molecule has 0 aliphatic rings. The predicted molar refractivity (Wildman–Crippen MR) is 102 cm³/mol. The van der Waals surface area contributed by atoms with Crippen molar-refractivity contribution in [2.75, 3.05) is 13.7 Å². The summed E-state index contributed by atoms with van der Waals surface area (Å²) in [5, 5.41) is 11.2. The number of hydrogen-bond acceptors (Lipinski definition) is 7. The van der Waals surface area contributed by atoms with E-state index in [0.717, 1.165) is 0 Å². The molecule has 1 aromatic carbocycles. The molecular formula is C20H22N2O6. The van der Waals surface area contributed by atoms with Gasteiger partial charge in [-0.2, -0.15) is 0 Å². The third kappa shape index (κ3) is 4.33. The van der Waals surface area contributed by atoms with Crippen LogP contribution in [0, 0.1) is 29.9 Å². The minimum absolute atomic E-state index is 0.0742. The van der Waals surface area contributed by atoms with Crippen molar-refractivity contribution in [1.82, 2.24) is 4.98 Å². The Bertz CT molecular complexity index is 937. The lowest BCUT2D eigenvalue weighted by molar-refractivity contribution is -0.384. The van der Waals surface area contributed by atoms with Crippen molar-refractivity contribution >= 4 is 17.6 Å². The molecule has 28 heavy (non-hydrogen) atoms. The number of non-ortho nitro benzene ring substituents is 1. The first-order valence-corrected chi connectivity index (χ1v) is 8.68. The number of esters is 2. The fraction of sp³-hybridized carbons (Fsp3) is 0.350. The van der Waals surface area contributed by atoms with E-state index in [1.165, 1.54) is 25.3 Å². The Hall–Kier alpha value is -3.29. The van der Waals surface area contributed by atoms with Crippen LogP contribution < -0.4 is 0 Å². The van der Waals surface area contributed by atoms with Gasteiger partial charge in [-0.25, -0.2) is 9.59 Å². The number of aryl methyl sites for hydroxylation is 2. The lowest BCUT2D eigenvalue weighted by Crippen LogP contribution is -2.18. The standard InChI is InChI=1S/C20H22N2O6/c1-11(2)10-28-20(24)17-13(4)21-12(3)16(19(23)27-5)18(17)14-7-6-8-15(9-14)22(25)26/h6-9,11H,10H2,1-5H3. The van der Waals surface area contributed by atoms with Crippen LogP contribution in [0.2, 0.25) is 0 Å². The second-order valence-corrected chi connectivity index (χ2v) is 6.70. The zero-order chi connectivity index (χ0) is 21.0. The van der Waals surface area contributed by atoms with Crippen LogP contribution in [0.4, 0.5) is 5.69 Å². The number of carbonyl (C=O) groups excluding carboxylic acids is 2. The summed E-state index contributed by atoms with van der Waals surface area (Å²) in [6, 6.07) is 5.72. The minimum Gasteiger partial charge on any atom is -0.465 e.